The molecule has 0 saturated heterocycles. The predicted octanol–water partition coefficient (Wildman–Crippen LogP) is 9.06. The zero-order valence-electron chi connectivity index (χ0n) is 23.2. The van der Waals surface area contributed by atoms with Crippen LogP contribution >= 0.6 is 0 Å². The lowest BCUT2D eigenvalue weighted by Gasteiger charge is -2.29. The van der Waals surface area contributed by atoms with Gasteiger partial charge in [-0.3, -0.25) is 0 Å². The largest absolute Gasteiger partial charge is 0.492 e. The maximum absolute atomic E-state index is 13.9. The Kier molecular flexibility index (Phi) is 12.6. The van der Waals surface area contributed by atoms with E-state index in [9.17, 15) is 14.4 Å². The maximum atomic E-state index is 13.9. The van der Waals surface area contributed by atoms with Crippen molar-refractivity contribution in [2.75, 3.05) is 6.61 Å². The average Bonchev–Trinajstić information content (AvgIpc) is 2.96. The van der Waals surface area contributed by atoms with Gasteiger partial charge >= 0.3 is 5.97 Å². The topological polar surface area (TPSA) is 59.3 Å². The number of carbonyl (C=O) groups is 1. The van der Waals surface area contributed by atoms with E-state index in [2.05, 4.69) is 37.3 Å². The molecule has 1 aliphatic carbocycles. The smallest absolute Gasteiger partial charge is 0.340 e. The minimum Gasteiger partial charge on any atom is -0.492 e. The molecule has 0 spiro atoms. The SMILES string of the molecule is CCCCCCCCOc1ccc(-c2ccc([C@H]3CC[C@H](OC(=O)[C@@H](F)CCCC)CC3)cc2)cc1C#N. The third-order valence-electron chi connectivity index (χ3n) is 7.59. The number of halogens is 1. The summed E-state index contributed by atoms with van der Waals surface area (Å²) in [6.45, 7) is 4.85. The second-order valence-electron chi connectivity index (χ2n) is 10.6. The quantitative estimate of drug-likeness (QED) is 0.173. The molecular weight excluding hydrogens is 477 g/mol. The fraction of sp³-hybridized carbons (Fsp3) is 0.576. The fourth-order valence-corrected chi connectivity index (χ4v) is 5.19. The van der Waals surface area contributed by atoms with Crippen LogP contribution in [0.15, 0.2) is 42.5 Å². The van der Waals surface area contributed by atoms with E-state index in [0.717, 1.165) is 56.1 Å². The first-order valence-electron chi connectivity index (χ1n) is 14.7. The second-order valence-corrected chi connectivity index (χ2v) is 10.6. The molecule has 1 saturated carbocycles. The summed E-state index contributed by atoms with van der Waals surface area (Å²) in [7, 11) is 0. The van der Waals surface area contributed by atoms with Gasteiger partial charge in [-0.15, -0.1) is 0 Å². The van der Waals surface area contributed by atoms with Gasteiger partial charge in [0, 0.05) is 0 Å². The number of benzene rings is 2. The van der Waals surface area contributed by atoms with Crippen LogP contribution in [0.2, 0.25) is 0 Å². The van der Waals surface area contributed by atoms with E-state index < -0.39 is 12.1 Å². The molecule has 0 N–H and O–H groups in total. The Bertz CT molecular complexity index is 1020. The average molecular weight is 522 g/mol. The van der Waals surface area contributed by atoms with Crippen molar-refractivity contribution in [2.45, 2.75) is 116 Å². The third kappa shape index (κ3) is 9.15. The van der Waals surface area contributed by atoms with Gasteiger partial charge in [0.05, 0.1) is 12.2 Å². The van der Waals surface area contributed by atoms with Crippen molar-refractivity contribution in [1.82, 2.24) is 0 Å². The van der Waals surface area contributed by atoms with Crippen LogP contribution in [-0.2, 0) is 9.53 Å². The normalized spacial score (nSPS) is 17.9. The molecule has 1 fully saturated rings. The predicted molar refractivity (Wildman–Crippen MR) is 151 cm³/mol. The molecule has 2 aromatic rings. The Morgan fingerprint density at radius 3 is 2.26 bits per heavy atom. The molecule has 0 bridgehead atoms. The summed E-state index contributed by atoms with van der Waals surface area (Å²) in [5.74, 6) is 0.373. The van der Waals surface area contributed by atoms with Crippen molar-refractivity contribution in [1.29, 1.82) is 5.26 Å². The number of nitriles is 1. The summed E-state index contributed by atoms with van der Waals surface area (Å²) in [4.78, 5) is 12.0. The van der Waals surface area contributed by atoms with Gasteiger partial charge < -0.3 is 9.47 Å². The first-order valence-corrected chi connectivity index (χ1v) is 14.7. The molecule has 38 heavy (non-hydrogen) atoms. The summed E-state index contributed by atoms with van der Waals surface area (Å²) < 4.78 is 25.3. The van der Waals surface area contributed by atoms with Crippen molar-refractivity contribution in [3.05, 3.63) is 53.6 Å². The van der Waals surface area contributed by atoms with Crippen LogP contribution in [0.4, 0.5) is 4.39 Å². The van der Waals surface area contributed by atoms with E-state index in [-0.39, 0.29) is 12.5 Å². The van der Waals surface area contributed by atoms with Crippen LogP contribution in [0.3, 0.4) is 0 Å². The van der Waals surface area contributed by atoms with Gasteiger partial charge in [0.1, 0.15) is 17.9 Å². The summed E-state index contributed by atoms with van der Waals surface area (Å²) in [6, 6.07) is 16.6. The Hall–Kier alpha value is -2.87. The number of esters is 1. The molecule has 206 valence electrons. The molecule has 1 aliphatic rings. The zero-order valence-corrected chi connectivity index (χ0v) is 23.2. The molecule has 4 nitrogen and oxygen atoms in total. The van der Waals surface area contributed by atoms with Gasteiger partial charge in [0.25, 0.3) is 0 Å². The highest BCUT2D eigenvalue weighted by atomic mass is 19.1. The number of hydrogen-bond donors (Lipinski definition) is 0. The first kappa shape index (κ1) is 29.7. The monoisotopic (exact) mass is 521 g/mol. The minimum absolute atomic E-state index is 0.177. The number of unbranched alkanes of at least 4 members (excludes halogenated alkanes) is 6. The van der Waals surface area contributed by atoms with Crippen molar-refractivity contribution >= 4 is 5.97 Å². The van der Waals surface area contributed by atoms with E-state index in [4.69, 9.17) is 9.47 Å². The summed E-state index contributed by atoms with van der Waals surface area (Å²) in [5, 5.41) is 9.67. The molecule has 0 aliphatic heterocycles. The van der Waals surface area contributed by atoms with Crippen LogP contribution in [-0.4, -0.2) is 24.9 Å². The molecular formula is C33H44FNO3. The summed E-state index contributed by atoms with van der Waals surface area (Å²) in [5.41, 5.74) is 3.90. The fourth-order valence-electron chi connectivity index (χ4n) is 5.19. The van der Waals surface area contributed by atoms with E-state index in [1.807, 2.05) is 25.1 Å². The Balaban J connectivity index is 1.49. The van der Waals surface area contributed by atoms with Crippen LogP contribution in [0.1, 0.15) is 114 Å². The number of rotatable bonds is 15. The molecule has 0 aromatic heterocycles. The second kappa shape index (κ2) is 16.2. The molecule has 2 aromatic carbocycles. The molecule has 0 unspecified atom stereocenters. The number of ether oxygens (including phenoxy) is 2. The Morgan fingerprint density at radius 1 is 0.921 bits per heavy atom. The van der Waals surface area contributed by atoms with E-state index in [1.165, 1.54) is 31.2 Å². The van der Waals surface area contributed by atoms with Gasteiger partial charge in [-0.05, 0) is 73.3 Å². The van der Waals surface area contributed by atoms with E-state index in [0.29, 0.717) is 30.3 Å². The van der Waals surface area contributed by atoms with E-state index in [1.54, 1.807) is 0 Å². The zero-order chi connectivity index (χ0) is 27.2. The van der Waals surface area contributed by atoms with Gasteiger partial charge in [-0.2, -0.15) is 5.26 Å². The Labute approximate surface area is 228 Å². The van der Waals surface area contributed by atoms with Gasteiger partial charge in [-0.1, -0.05) is 89.1 Å². The minimum atomic E-state index is -1.50. The lowest BCUT2D eigenvalue weighted by molar-refractivity contribution is -0.157. The van der Waals surface area contributed by atoms with Crippen LogP contribution in [0.25, 0.3) is 11.1 Å². The van der Waals surface area contributed by atoms with Crippen LogP contribution in [0, 0.1) is 11.3 Å². The molecule has 1 atom stereocenters. The lowest BCUT2D eigenvalue weighted by Crippen LogP contribution is -2.28. The van der Waals surface area contributed by atoms with Crippen LogP contribution in [0.5, 0.6) is 5.75 Å². The van der Waals surface area contributed by atoms with Crippen molar-refractivity contribution in [3.8, 4) is 22.9 Å². The number of carbonyl (C=O) groups excluding carboxylic acids is 1. The van der Waals surface area contributed by atoms with Gasteiger partial charge in [0.15, 0.2) is 6.17 Å². The molecule has 0 heterocycles. The number of nitrogens with zero attached hydrogens (tertiary/aromatic N) is 1. The molecule has 0 amide bonds. The van der Waals surface area contributed by atoms with E-state index >= 15 is 0 Å². The first-order chi connectivity index (χ1) is 18.5. The molecule has 3 rings (SSSR count). The number of hydrogen-bond acceptors (Lipinski definition) is 4. The third-order valence-corrected chi connectivity index (χ3v) is 7.59. The molecule has 5 heteroatoms. The van der Waals surface area contributed by atoms with Crippen LogP contribution < -0.4 is 4.74 Å². The molecule has 0 radical (unpaired) electrons. The summed E-state index contributed by atoms with van der Waals surface area (Å²) in [6.07, 6.45) is 10.8. The maximum Gasteiger partial charge on any atom is 0.340 e. The van der Waals surface area contributed by atoms with Crippen molar-refractivity contribution in [3.63, 3.8) is 0 Å². The lowest BCUT2D eigenvalue weighted by atomic mass is 9.82. The highest BCUT2D eigenvalue weighted by molar-refractivity contribution is 5.74. The van der Waals surface area contributed by atoms with Gasteiger partial charge in [0.2, 0.25) is 0 Å². The van der Waals surface area contributed by atoms with Crippen molar-refractivity contribution in [2.24, 2.45) is 0 Å². The standard InChI is InChI=1S/C33H44FNO3/c1-3-5-7-8-9-10-22-37-32-21-18-28(23-29(32)24-35)27-14-12-25(13-15-27)26-16-19-30(20-17-26)38-33(36)31(34)11-6-4-2/h12-15,18,21,23,26,30-31H,3-11,16-17,19-20,22H2,1-2H3/t26-,30-,31-/m0/s1. The highest BCUT2D eigenvalue weighted by Crippen LogP contribution is 2.35. The van der Waals surface area contributed by atoms with Gasteiger partial charge in [-0.25, -0.2) is 9.18 Å². The summed E-state index contributed by atoms with van der Waals surface area (Å²) >= 11 is 0. The number of alkyl halides is 1. The van der Waals surface area contributed by atoms with Crippen molar-refractivity contribution < 1.29 is 18.7 Å². The Morgan fingerprint density at radius 2 is 1.58 bits per heavy atom. The highest BCUT2D eigenvalue weighted by Gasteiger charge is 2.27.